The van der Waals surface area contributed by atoms with Crippen LogP contribution in [0.2, 0.25) is 0 Å². The Kier molecular flexibility index (Phi) is 2.35. The number of esters is 1. The fraction of sp³-hybridized carbons (Fsp3) is 0.250. The molecule has 0 amide bonds. The van der Waals surface area contributed by atoms with Crippen molar-refractivity contribution in [1.82, 2.24) is 0 Å². The zero-order valence-electron chi connectivity index (χ0n) is 8.07. The van der Waals surface area contributed by atoms with Crippen LogP contribution in [0, 0.1) is 0 Å². The molecular weight excluding hydrogens is 176 g/mol. The summed E-state index contributed by atoms with van der Waals surface area (Å²) in [6.45, 7) is 2.01. The van der Waals surface area contributed by atoms with Gasteiger partial charge in [-0.2, -0.15) is 0 Å². The zero-order valence-corrected chi connectivity index (χ0v) is 8.07. The average Bonchev–Trinajstić information content (AvgIpc) is 2.24. The van der Waals surface area contributed by atoms with Crippen molar-refractivity contribution in [1.29, 1.82) is 0 Å². The van der Waals surface area contributed by atoms with Gasteiger partial charge < -0.3 is 4.74 Å². The summed E-state index contributed by atoms with van der Waals surface area (Å²) in [6, 6.07) is 9.82. The molecule has 0 aromatic heterocycles. The van der Waals surface area contributed by atoms with Gasteiger partial charge in [-0.3, -0.25) is 0 Å². The summed E-state index contributed by atoms with van der Waals surface area (Å²) in [5.74, 6) is -0.180. The minimum atomic E-state index is -0.180. The summed E-state index contributed by atoms with van der Waals surface area (Å²) >= 11 is 0. The van der Waals surface area contributed by atoms with Crippen LogP contribution in [-0.4, -0.2) is 12.1 Å². The number of rotatable bonds is 2. The van der Waals surface area contributed by atoms with E-state index < -0.39 is 0 Å². The van der Waals surface area contributed by atoms with Crippen molar-refractivity contribution >= 4 is 12.0 Å². The summed E-state index contributed by atoms with van der Waals surface area (Å²) in [4.78, 5) is 11.1. The Bertz CT molecular complexity index is 365. The molecule has 2 heteroatoms. The van der Waals surface area contributed by atoms with Crippen LogP contribution in [0.1, 0.15) is 18.9 Å². The van der Waals surface area contributed by atoms with Gasteiger partial charge in [-0.15, -0.1) is 0 Å². The monoisotopic (exact) mass is 188 g/mol. The van der Waals surface area contributed by atoms with E-state index in [4.69, 9.17) is 4.74 Å². The maximum atomic E-state index is 11.1. The van der Waals surface area contributed by atoms with E-state index in [-0.39, 0.29) is 12.1 Å². The maximum absolute atomic E-state index is 11.1. The fourth-order valence-electron chi connectivity index (χ4n) is 1.52. The van der Waals surface area contributed by atoms with Crippen molar-refractivity contribution in [2.45, 2.75) is 19.4 Å². The van der Waals surface area contributed by atoms with E-state index >= 15 is 0 Å². The molecule has 0 radical (unpaired) electrons. The highest BCUT2D eigenvalue weighted by molar-refractivity contribution is 6.00. The SMILES string of the molecule is CCC1OC(=O)C1=Cc1ccccc1. The van der Waals surface area contributed by atoms with Gasteiger partial charge in [0.15, 0.2) is 0 Å². The molecule has 1 heterocycles. The third-order valence-electron chi connectivity index (χ3n) is 2.32. The third-order valence-corrected chi connectivity index (χ3v) is 2.32. The number of hydrogen-bond acceptors (Lipinski definition) is 2. The first-order valence-corrected chi connectivity index (χ1v) is 4.79. The summed E-state index contributed by atoms with van der Waals surface area (Å²) in [5.41, 5.74) is 1.84. The molecule has 1 unspecified atom stereocenters. The smallest absolute Gasteiger partial charge is 0.338 e. The van der Waals surface area contributed by atoms with Crippen molar-refractivity contribution in [3.05, 3.63) is 41.5 Å². The maximum Gasteiger partial charge on any atom is 0.338 e. The molecule has 0 aliphatic carbocycles. The lowest BCUT2D eigenvalue weighted by Gasteiger charge is -2.27. The second kappa shape index (κ2) is 3.66. The molecule has 72 valence electrons. The van der Waals surface area contributed by atoms with E-state index in [1.165, 1.54) is 0 Å². The van der Waals surface area contributed by atoms with E-state index in [1.54, 1.807) is 0 Å². The van der Waals surface area contributed by atoms with Gasteiger partial charge >= 0.3 is 5.97 Å². The molecule has 0 N–H and O–H groups in total. The predicted octanol–water partition coefficient (Wildman–Crippen LogP) is 2.41. The van der Waals surface area contributed by atoms with Crippen molar-refractivity contribution in [3.63, 3.8) is 0 Å². The Hall–Kier alpha value is -1.57. The molecule has 1 saturated heterocycles. The number of hydrogen-bond donors (Lipinski definition) is 0. The number of carbonyl (C=O) groups excluding carboxylic acids is 1. The van der Waals surface area contributed by atoms with Gasteiger partial charge in [0, 0.05) is 0 Å². The second-order valence-corrected chi connectivity index (χ2v) is 3.31. The summed E-state index contributed by atoms with van der Waals surface area (Å²) in [6.07, 6.45) is 2.76. The molecule has 0 spiro atoms. The van der Waals surface area contributed by atoms with Crippen molar-refractivity contribution in [3.8, 4) is 0 Å². The first-order valence-electron chi connectivity index (χ1n) is 4.79. The number of benzene rings is 1. The molecule has 2 rings (SSSR count). The Morgan fingerprint density at radius 2 is 2.07 bits per heavy atom. The van der Waals surface area contributed by atoms with Crippen LogP contribution < -0.4 is 0 Å². The van der Waals surface area contributed by atoms with E-state index in [0.29, 0.717) is 0 Å². The highest BCUT2D eigenvalue weighted by atomic mass is 16.6. The predicted molar refractivity (Wildman–Crippen MR) is 54.6 cm³/mol. The van der Waals surface area contributed by atoms with E-state index in [9.17, 15) is 4.79 Å². The second-order valence-electron chi connectivity index (χ2n) is 3.31. The van der Waals surface area contributed by atoms with Gasteiger partial charge in [-0.25, -0.2) is 4.79 Å². The van der Waals surface area contributed by atoms with Crippen LogP contribution in [0.5, 0.6) is 0 Å². The number of cyclic esters (lactones) is 1. The molecule has 1 aliphatic heterocycles. The van der Waals surface area contributed by atoms with E-state index in [2.05, 4.69) is 0 Å². The average molecular weight is 188 g/mol. The Balaban J connectivity index is 2.22. The molecule has 0 saturated carbocycles. The van der Waals surface area contributed by atoms with Crippen molar-refractivity contribution in [2.75, 3.05) is 0 Å². The lowest BCUT2D eigenvalue weighted by molar-refractivity contribution is -0.155. The highest BCUT2D eigenvalue weighted by Gasteiger charge is 2.33. The van der Waals surface area contributed by atoms with E-state index in [0.717, 1.165) is 17.6 Å². The molecule has 1 atom stereocenters. The van der Waals surface area contributed by atoms with Crippen LogP contribution in [-0.2, 0) is 9.53 Å². The largest absolute Gasteiger partial charge is 0.454 e. The van der Waals surface area contributed by atoms with Crippen LogP contribution in [0.3, 0.4) is 0 Å². The standard InChI is InChI=1S/C12H12O2/c1-2-11-10(12(13)14-11)8-9-6-4-3-5-7-9/h3-8,11H,2H2,1H3. The lowest BCUT2D eigenvalue weighted by Crippen LogP contribution is -2.35. The van der Waals surface area contributed by atoms with Crippen LogP contribution in [0.15, 0.2) is 35.9 Å². The topological polar surface area (TPSA) is 26.3 Å². The van der Waals surface area contributed by atoms with E-state index in [1.807, 2.05) is 43.3 Å². The van der Waals surface area contributed by atoms with Crippen LogP contribution in [0.4, 0.5) is 0 Å². The molecular formula is C12H12O2. The van der Waals surface area contributed by atoms with Crippen LogP contribution in [0.25, 0.3) is 6.08 Å². The highest BCUT2D eigenvalue weighted by Crippen LogP contribution is 2.26. The quantitative estimate of drug-likeness (QED) is 0.526. The molecule has 1 aromatic carbocycles. The first-order chi connectivity index (χ1) is 6.81. The van der Waals surface area contributed by atoms with Crippen molar-refractivity contribution in [2.24, 2.45) is 0 Å². The summed E-state index contributed by atoms with van der Waals surface area (Å²) < 4.78 is 4.97. The van der Waals surface area contributed by atoms with Gasteiger partial charge in [0.25, 0.3) is 0 Å². The number of ether oxygens (including phenoxy) is 1. The molecule has 1 aromatic rings. The fourth-order valence-corrected chi connectivity index (χ4v) is 1.52. The zero-order chi connectivity index (χ0) is 9.97. The normalized spacial score (nSPS) is 23.1. The minimum Gasteiger partial charge on any atom is -0.454 e. The summed E-state index contributed by atoms with van der Waals surface area (Å²) in [7, 11) is 0. The Morgan fingerprint density at radius 1 is 1.36 bits per heavy atom. The molecule has 2 nitrogen and oxygen atoms in total. The molecule has 1 aliphatic rings. The van der Waals surface area contributed by atoms with Crippen molar-refractivity contribution < 1.29 is 9.53 Å². The van der Waals surface area contributed by atoms with Gasteiger partial charge in [-0.1, -0.05) is 37.3 Å². The Morgan fingerprint density at radius 3 is 2.64 bits per heavy atom. The summed E-state index contributed by atoms with van der Waals surface area (Å²) in [5, 5.41) is 0. The molecule has 14 heavy (non-hydrogen) atoms. The third kappa shape index (κ3) is 1.55. The Labute approximate surface area is 83.2 Å². The van der Waals surface area contributed by atoms with Gasteiger partial charge in [-0.05, 0) is 18.1 Å². The minimum absolute atomic E-state index is 0.00251. The van der Waals surface area contributed by atoms with Gasteiger partial charge in [0.1, 0.15) is 6.10 Å². The number of carbonyl (C=O) groups is 1. The van der Waals surface area contributed by atoms with Gasteiger partial charge in [0.05, 0.1) is 5.57 Å². The van der Waals surface area contributed by atoms with Gasteiger partial charge in [0.2, 0.25) is 0 Å². The molecule has 1 fully saturated rings. The molecule has 0 bridgehead atoms. The van der Waals surface area contributed by atoms with Crippen LogP contribution >= 0.6 is 0 Å². The first kappa shape index (κ1) is 9.00. The lowest BCUT2D eigenvalue weighted by atomic mass is 9.99.